The van der Waals surface area contributed by atoms with Gasteiger partial charge in [0.15, 0.2) is 5.76 Å². The molecule has 0 radical (unpaired) electrons. The van der Waals surface area contributed by atoms with Gasteiger partial charge in [0.2, 0.25) is 5.13 Å². The molecule has 3 heterocycles. The van der Waals surface area contributed by atoms with Gasteiger partial charge >= 0.3 is 0 Å². The number of nitrogens with zero attached hydrogens (tertiary/aromatic N) is 4. The third kappa shape index (κ3) is 2.68. The molecule has 3 rings (SSSR count). The van der Waals surface area contributed by atoms with Crippen LogP contribution >= 0.6 is 11.3 Å². The predicted molar refractivity (Wildman–Crippen MR) is 79.2 cm³/mol. The summed E-state index contributed by atoms with van der Waals surface area (Å²) in [6, 6.07) is 7.03. The summed E-state index contributed by atoms with van der Waals surface area (Å²) in [5, 5.41) is 9.54. The first-order chi connectivity index (χ1) is 10.3. The summed E-state index contributed by atoms with van der Waals surface area (Å²) >= 11 is 1.36. The molecule has 3 aromatic heterocycles. The molecule has 0 unspecified atom stereocenters. The van der Waals surface area contributed by atoms with Crippen molar-refractivity contribution in [3.8, 4) is 10.6 Å². The fourth-order valence-corrected chi connectivity index (χ4v) is 2.75. The minimum absolute atomic E-state index is 0.222. The lowest BCUT2D eigenvalue weighted by molar-refractivity contribution is 0.0961. The Kier molecular flexibility index (Phi) is 3.74. The minimum atomic E-state index is -0.222. The maximum absolute atomic E-state index is 12.3. The van der Waals surface area contributed by atoms with Gasteiger partial charge in [-0.05, 0) is 31.2 Å². The van der Waals surface area contributed by atoms with E-state index >= 15 is 0 Å². The van der Waals surface area contributed by atoms with Gasteiger partial charge in [-0.3, -0.25) is 14.7 Å². The van der Waals surface area contributed by atoms with E-state index in [0.717, 1.165) is 10.6 Å². The molecule has 0 aliphatic carbocycles. The maximum atomic E-state index is 12.3. The van der Waals surface area contributed by atoms with Gasteiger partial charge in [0.1, 0.15) is 5.01 Å². The first-order valence-corrected chi connectivity index (χ1v) is 7.20. The highest BCUT2D eigenvalue weighted by Gasteiger charge is 2.22. The first kappa shape index (κ1) is 13.4. The van der Waals surface area contributed by atoms with Crippen LogP contribution in [0.25, 0.3) is 10.6 Å². The molecule has 6 nitrogen and oxygen atoms in total. The van der Waals surface area contributed by atoms with Crippen LogP contribution in [-0.4, -0.2) is 27.6 Å². The van der Waals surface area contributed by atoms with Gasteiger partial charge in [0, 0.05) is 24.5 Å². The summed E-state index contributed by atoms with van der Waals surface area (Å²) in [6.07, 6.45) is 4.87. The van der Waals surface area contributed by atoms with Crippen LogP contribution in [0.4, 0.5) is 5.13 Å². The Morgan fingerprint density at radius 3 is 2.76 bits per heavy atom. The average Bonchev–Trinajstić information content (AvgIpc) is 3.21. The second kappa shape index (κ2) is 5.84. The molecular formula is C14H12N4O2S. The normalized spacial score (nSPS) is 10.5. The SMILES string of the molecule is CCN(C(=O)c1ccco1)c1nnc(-c2ccncc2)s1. The van der Waals surface area contributed by atoms with Crippen LogP contribution in [0.3, 0.4) is 0 Å². The van der Waals surface area contributed by atoms with Crippen molar-refractivity contribution in [2.75, 3.05) is 11.4 Å². The van der Waals surface area contributed by atoms with Crippen molar-refractivity contribution in [3.63, 3.8) is 0 Å². The molecule has 0 saturated carbocycles. The van der Waals surface area contributed by atoms with E-state index in [1.165, 1.54) is 17.6 Å². The van der Waals surface area contributed by atoms with Crippen LogP contribution in [0.1, 0.15) is 17.5 Å². The number of aromatic nitrogens is 3. The summed E-state index contributed by atoms with van der Waals surface area (Å²) in [5.74, 6) is 0.0671. The number of hydrogen-bond donors (Lipinski definition) is 0. The van der Waals surface area contributed by atoms with Crippen LogP contribution in [0.15, 0.2) is 47.3 Å². The summed E-state index contributed by atoms with van der Waals surface area (Å²) in [7, 11) is 0. The summed E-state index contributed by atoms with van der Waals surface area (Å²) < 4.78 is 5.15. The highest BCUT2D eigenvalue weighted by Crippen LogP contribution is 2.29. The van der Waals surface area contributed by atoms with Crippen molar-refractivity contribution in [1.82, 2.24) is 15.2 Å². The van der Waals surface area contributed by atoms with Gasteiger partial charge in [-0.25, -0.2) is 0 Å². The molecule has 0 saturated heterocycles. The zero-order valence-corrected chi connectivity index (χ0v) is 12.1. The van der Waals surface area contributed by atoms with Crippen LogP contribution in [0, 0.1) is 0 Å². The number of rotatable bonds is 4. The van der Waals surface area contributed by atoms with E-state index in [-0.39, 0.29) is 11.7 Å². The van der Waals surface area contributed by atoms with Crippen molar-refractivity contribution in [2.45, 2.75) is 6.92 Å². The van der Waals surface area contributed by atoms with Crippen LogP contribution in [-0.2, 0) is 0 Å². The van der Waals surface area contributed by atoms with Crippen molar-refractivity contribution < 1.29 is 9.21 Å². The molecule has 3 aromatic rings. The van der Waals surface area contributed by atoms with Gasteiger partial charge in [-0.15, -0.1) is 10.2 Å². The lowest BCUT2D eigenvalue weighted by Crippen LogP contribution is -2.30. The third-order valence-electron chi connectivity index (χ3n) is 2.87. The Balaban J connectivity index is 1.89. The molecule has 0 fully saturated rings. The van der Waals surface area contributed by atoms with E-state index < -0.39 is 0 Å². The molecule has 0 aliphatic heterocycles. The average molecular weight is 300 g/mol. The van der Waals surface area contributed by atoms with Gasteiger partial charge in [0.25, 0.3) is 5.91 Å². The van der Waals surface area contributed by atoms with Crippen molar-refractivity contribution >= 4 is 22.4 Å². The van der Waals surface area contributed by atoms with Crippen LogP contribution in [0.5, 0.6) is 0 Å². The minimum Gasteiger partial charge on any atom is -0.459 e. The number of carbonyl (C=O) groups excluding carboxylic acids is 1. The molecule has 0 aromatic carbocycles. The summed E-state index contributed by atoms with van der Waals surface area (Å²) in [5.41, 5.74) is 0.926. The maximum Gasteiger partial charge on any atom is 0.295 e. The molecule has 0 spiro atoms. The fraction of sp³-hybridized carbons (Fsp3) is 0.143. The third-order valence-corrected chi connectivity index (χ3v) is 3.86. The second-order valence-corrected chi connectivity index (χ2v) is 5.11. The lowest BCUT2D eigenvalue weighted by Gasteiger charge is -2.14. The van der Waals surface area contributed by atoms with E-state index in [1.807, 2.05) is 19.1 Å². The molecule has 1 amide bonds. The second-order valence-electron chi connectivity index (χ2n) is 4.15. The largest absolute Gasteiger partial charge is 0.459 e. The zero-order chi connectivity index (χ0) is 14.7. The van der Waals surface area contributed by atoms with E-state index in [0.29, 0.717) is 11.7 Å². The molecule has 0 aliphatic rings. The van der Waals surface area contributed by atoms with Crippen LogP contribution in [0.2, 0.25) is 0 Å². The Labute approximate surface area is 125 Å². The van der Waals surface area contributed by atoms with Gasteiger partial charge < -0.3 is 4.42 Å². The summed E-state index contributed by atoms with van der Waals surface area (Å²) in [6.45, 7) is 2.37. The summed E-state index contributed by atoms with van der Waals surface area (Å²) in [4.78, 5) is 17.9. The smallest absolute Gasteiger partial charge is 0.295 e. The topological polar surface area (TPSA) is 72.1 Å². The van der Waals surface area contributed by atoms with Gasteiger partial charge in [-0.2, -0.15) is 0 Å². The highest BCUT2D eigenvalue weighted by molar-refractivity contribution is 7.18. The number of furan rings is 1. The highest BCUT2D eigenvalue weighted by atomic mass is 32.1. The molecule has 7 heteroatoms. The number of anilines is 1. The van der Waals surface area contributed by atoms with Crippen LogP contribution < -0.4 is 4.90 Å². The Bertz CT molecular complexity index is 725. The van der Waals surface area contributed by atoms with Crippen molar-refractivity contribution in [2.24, 2.45) is 0 Å². The quantitative estimate of drug-likeness (QED) is 0.741. The van der Waals surface area contributed by atoms with E-state index in [9.17, 15) is 4.79 Å². The molecule has 0 N–H and O–H groups in total. The molecule has 0 atom stereocenters. The zero-order valence-electron chi connectivity index (χ0n) is 11.3. The predicted octanol–water partition coefficient (Wildman–Crippen LogP) is 2.86. The van der Waals surface area contributed by atoms with E-state index in [2.05, 4.69) is 15.2 Å². The molecular weight excluding hydrogens is 288 g/mol. The molecule has 0 bridgehead atoms. The monoisotopic (exact) mass is 300 g/mol. The molecule has 106 valence electrons. The number of carbonyl (C=O) groups is 1. The first-order valence-electron chi connectivity index (χ1n) is 6.39. The number of amides is 1. The van der Waals surface area contributed by atoms with Crippen molar-refractivity contribution in [3.05, 3.63) is 48.7 Å². The van der Waals surface area contributed by atoms with E-state index in [4.69, 9.17) is 4.42 Å². The van der Waals surface area contributed by atoms with Gasteiger partial charge in [0.05, 0.1) is 6.26 Å². The fourth-order valence-electron chi connectivity index (χ4n) is 1.83. The Morgan fingerprint density at radius 1 is 1.29 bits per heavy atom. The Morgan fingerprint density at radius 2 is 2.10 bits per heavy atom. The lowest BCUT2D eigenvalue weighted by atomic mass is 10.3. The number of pyridine rings is 1. The van der Waals surface area contributed by atoms with Crippen molar-refractivity contribution in [1.29, 1.82) is 0 Å². The molecule has 21 heavy (non-hydrogen) atoms. The number of hydrogen-bond acceptors (Lipinski definition) is 6. The van der Waals surface area contributed by atoms with Gasteiger partial charge in [-0.1, -0.05) is 11.3 Å². The van der Waals surface area contributed by atoms with E-state index in [1.54, 1.807) is 29.4 Å². The Hall–Kier alpha value is -2.54. The standard InChI is InChI=1S/C14H12N4O2S/c1-2-18(13(19)11-4-3-9-20-11)14-17-16-12(21-14)10-5-7-15-8-6-10/h3-9H,2H2,1H3.